The van der Waals surface area contributed by atoms with Crippen molar-refractivity contribution in [2.24, 2.45) is 0 Å². The highest BCUT2D eigenvalue weighted by Gasteiger charge is 2.30. The van der Waals surface area contributed by atoms with Gasteiger partial charge in [-0.25, -0.2) is 0 Å². The van der Waals surface area contributed by atoms with Crippen molar-refractivity contribution >= 4 is 0 Å². The molecule has 3 rings (SSSR count). The van der Waals surface area contributed by atoms with Crippen LogP contribution in [0.4, 0.5) is 0 Å². The van der Waals surface area contributed by atoms with Crippen LogP contribution in [0.1, 0.15) is 48.7 Å². The Bertz CT molecular complexity index is 479. The zero-order valence-electron chi connectivity index (χ0n) is 9.33. The van der Waals surface area contributed by atoms with Crippen molar-refractivity contribution in [2.45, 2.75) is 51.2 Å². The van der Waals surface area contributed by atoms with E-state index in [4.69, 9.17) is 0 Å². The van der Waals surface area contributed by atoms with Crippen LogP contribution in [-0.4, -0.2) is 10.2 Å². The van der Waals surface area contributed by atoms with Gasteiger partial charge in [0.05, 0.1) is 17.4 Å². The highest BCUT2D eigenvalue weighted by atomic mass is 16.3. The summed E-state index contributed by atoms with van der Waals surface area (Å²) >= 11 is 0. The normalized spacial score (nSPS) is 23.7. The molecule has 1 unspecified atom stereocenters. The van der Waals surface area contributed by atoms with Gasteiger partial charge >= 0.3 is 0 Å². The Kier molecular flexibility index (Phi) is 2.32. The highest BCUT2D eigenvalue weighted by Crippen LogP contribution is 2.25. The van der Waals surface area contributed by atoms with Crippen molar-refractivity contribution in [1.82, 2.24) is 5.10 Å². The Balaban J connectivity index is 2.22. The number of H-pyrrole nitrogens is 1. The monoisotopic (exact) mass is 221 g/mol. The van der Waals surface area contributed by atoms with Gasteiger partial charge in [0.2, 0.25) is 0 Å². The molecular formula is C12H17N2O2+. The van der Waals surface area contributed by atoms with E-state index in [2.05, 4.69) is 5.10 Å². The van der Waals surface area contributed by atoms with Crippen molar-refractivity contribution in [3.8, 4) is 0 Å². The van der Waals surface area contributed by atoms with Gasteiger partial charge in [-0.3, -0.25) is 4.79 Å². The fourth-order valence-corrected chi connectivity index (χ4v) is 2.87. The second kappa shape index (κ2) is 3.70. The zero-order chi connectivity index (χ0) is 11.1. The SMILES string of the molecule is O=c1c2c([nH][n+]3c1CCCC3)CCCC2O. The molecule has 86 valence electrons. The number of nitrogens with zero attached hydrogens (tertiary/aromatic N) is 1. The Morgan fingerprint density at radius 1 is 1.25 bits per heavy atom. The van der Waals surface area contributed by atoms with E-state index in [1.807, 2.05) is 4.68 Å². The van der Waals surface area contributed by atoms with E-state index < -0.39 is 6.10 Å². The summed E-state index contributed by atoms with van der Waals surface area (Å²) in [7, 11) is 0. The Labute approximate surface area is 93.9 Å². The van der Waals surface area contributed by atoms with Crippen molar-refractivity contribution in [1.29, 1.82) is 0 Å². The minimum Gasteiger partial charge on any atom is -0.388 e. The van der Waals surface area contributed by atoms with Crippen LogP contribution >= 0.6 is 0 Å². The van der Waals surface area contributed by atoms with E-state index in [-0.39, 0.29) is 5.43 Å². The molecule has 0 saturated heterocycles. The first kappa shape index (κ1) is 10.0. The first-order chi connectivity index (χ1) is 7.77. The molecule has 0 fully saturated rings. The molecule has 2 N–H and O–H groups in total. The first-order valence-corrected chi connectivity index (χ1v) is 6.13. The van der Waals surface area contributed by atoms with Crippen LogP contribution in [0, 0.1) is 0 Å². The lowest BCUT2D eigenvalue weighted by atomic mass is 9.92. The summed E-state index contributed by atoms with van der Waals surface area (Å²) in [6, 6.07) is 0. The molecule has 0 amide bonds. The summed E-state index contributed by atoms with van der Waals surface area (Å²) in [5.74, 6) is 0. The molecule has 0 radical (unpaired) electrons. The Morgan fingerprint density at radius 3 is 3.00 bits per heavy atom. The summed E-state index contributed by atoms with van der Waals surface area (Å²) in [6.07, 6.45) is 5.08. The van der Waals surface area contributed by atoms with Crippen LogP contribution in [0.25, 0.3) is 0 Å². The predicted octanol–water partition coefficient (Wildman–Crippen LogP) is 0.368. The molecule has 16 heavy (non-hydrogen) atoms. The number of fused-ring (bicyclic) bond motifs is 2. The standard InChI is InChI=1S/C12H16N2O2/c15-10-6-3-4-8-11(10)12(16)9-5-1-2-7-14(9)13-8/h10,15H,1-7H2/p+1. The smallest absolute Gasteiger partial charge is 0.255 e. The molecule has 2 heterocycles. The third kappa shape index (κ3) is 1.40. The van der Waals surface area contributed by atoms with Gasteiger partial charge in [-0.15, -0.1) is 4.68 Å². The quantitative estimate of drug-likeness (QED) is 0.622. The topological polar surface area (TPSA) is 57.0 Å². The largest absolute Gasteiger partial charge is 0.388 e. The van der Waals surface area contributed by atoms with Crippen LogP contribution in [0.5, 0.6) is 0 Å². The summed E-state index contributed by atoms with van der Waals surface area (Å²) in [4.78, 5) is 12.3. The second-order valence-electron chi connectivity index (χ2n) is 4.80. The third-order valence-corrected chi connectivity index (χ3v) is 3.71. The summed E-state index contributed by atoms with van der Waals surface area (Å²) in [5.41, 5.74) is 2.53. The molecule has 1 aromatic heterocycles. The van der Waals surface area contributed by atoms with Crippen molar-refractivity contribution < 1.29 is 9.79 Å². The molecule has 0 spiro atoms. The minimum atomic E-state index is -0.555. The van der Waals surface area contributed by atoms with Gasteiger partial charge in [-0.1, -0.05) is 0 Å². The van der Waals surface area contributed by atoms with Gasteiger partial charge < -0.3 is 5.11 Å². The lowest BCUT2D eigenvalue weighted by Crippen LogP contribution is -2.51. The van der Waals surface area contributed by atoms with Crippen LogP contribution in [0.3, 0.4) is 0 Å². The second-order valence-corrected chi connectivity index (χ2v) is 4.80. The highest BCUT2D eigenvalue weighted by molar-refractivity contribution is 5.24. The molecular weight excluding hydrogens is 204 g/mol. The molecule has 4 nitrogen and oxygen atoms in total. The van der Waals surface area contributed by atoms with Crippen molar-refractivity contribution in [2.75, 3.05) is 0 Å². The minimum absolute atomic E-state index is 0.0839. The van der Waals surface area contributed by atoms with Crippen LogP contribution in [0.15, 0.2) is 4.79 Å². The zero-order valence-corrected chi connectivity index (χ0v) is 9.33. The first-order valence-electron chi connectivity index (χ1n) is 6.13. The maximum Gasteiger partial charge on any atom is 0.255 e. The fourth-order valence-electron chi connectivity index (χ4n) is 2.87. The molecule has 4 heteroatoms. The molecule has 0 bridgehead atoms. The maximum absolute atomic E-state index is 12.3. The van der Waals surface area contributed by atoms with Crippen molar-refractivity contribution in [3.63, 3.8) is 0 Å². The summed E-state index contributed by atoms with van der Waals surface area (Å²) in [6.45, 7) is 0.911. The van der Waals surface area contributed by atoms with Gasteiger partial charge in [0.25, 0.3) is 11.1 Å². The number of rotatable bonds is 0. The van der Waals surface area contributed by atoms with E-state index in [1.165, 1.54) is 0 Å². The molecule has 2 aliphatic rings. The number of aryl methyl sites for hydroxylation is 2. The Morgan fingerprint density at radius 2 is 2.12 bits per heavy atom. The van der Waals surface area contributed by atoms with Crippen LogP contribution < -0.4 is 10.1 Å². The number of nitrogens with one attached hydrogen (secondary N) is 1. The van der Waals surface area contributed by atoms with Gasteiger partial charge in [-0.2, -0.15) is 5.10 Å². The van der Waals surface area contributed by atoms with E-state index >= 15 is 0 Å². The number of hydrogen-bond donors (Lipinski definition) is 2. The fraction of sp³-hybridized carbons (Fsp3) is 0.667. The maximum atomic E-state index is 12.3. The Hall–Kier alpha value is -1.16. The molecule has 0 saturated carbocycles. The van der Waals surface area contributed by atoms with E-state index in [1.54, 1.807) is 0 Å². The summed E-state index contributed by atoms with van der Waals surface area (Å²) < 4.78 is 1.99. The number of aromatic nitrogens is 2. The average Bonchev–Trinajstić information content (AvgIpc) is 2.29. The van der Waals surface area contributed by atoms with Crippen LogP contribution in [0.2, 0.25) is 0 Å². The van der Waals surface area contributed by atoms with Gasteiger partial charge in [-0.05, 0) is 25.7 Å². The van der Waals surface area contributed by atoms with Gasteiger partial charge in [0, 0.05) is 12.8 Å². The van der Waals surface area contributed by atoms with Crippen molar-refractivity contribution in [3.05, 3.63) is 27.2 Å². The molecule has 0 aromatic carbocycles. The average molecular weight is 221 g/mol. The van der Waals surface area contributed by atoms with Crippen LogP contribution in [-0.2, 0) is 19.4 Å². The molecule has 1 atom stereocenters. The molecule has 1 aliphatic heterocycles. The number of hydrogen-bond acceptors (Lipinski definition) is 2. The third-order valence-electron chi connectivity index (χ3n) is 3.71. The lowest BCUT2D eigenvalue weighted by molar-refractivity contribution is -0.766. The van der Waals surface area contributed by atoms with E-state index in [0.29, 0.717) is 5.56 Å². The number of aliphatic hydroxyl groups is 1. The summed E-state index contributed by atoms with van der Waals surface area (Å²) in [5, 5.41) is 13.2. The predicted molar refractivity (Wildman–Crippen MR) is 58.1 cm³/mol. The van der Waals surface area contributed by atoms with Gasteiger partial charge in [0.15, 0.2) is 6.54 Å². The number of aliphatic hydroxyl groups excluding tert-OH is 1. The number of aromatic amines is 1. The van der Waals surface area contributed by atoms with E-state index in [9.17, 15) is 9.90 Å². The molecule has 1 aromatic rings. The lowest BCUT2D eigenvalue weighted by Gasteiger charge is -2.20. The van der Waals surface area contributed by atoms with E-state index in [0.717, 1.165) is 56.5 Å². The van der Waals surface area contributed by atoms with Gasteiger partial charge in [0.1, 0.15) is 0 Å². The molecule has 1 aliphatic carbocycles.